The zero-order valence-corrected chi connectivity index (χ0v) is 19.0. The Morgan fingerprint density at radius 3 is 2.51 bits per heavy atom. The zero-order chi connectivity index (χ0) is 25.4. The van der Waals surface area contributed by atoms with E-state index in [0.29, 0.717) is 5.52 Å². The van der Waals surface area contributed by atoms with Crippen molar-refractivity contribution in [3.8, 4) is 11.8 Å². The molecule has 0 fully saturated rings. The number of alkyl halides is 2. The molecule has 1 aromatic heterocycles. The summed E-state index contributed by atoms with van der Waals surface area (Å²) in [6.45, 7) is -3.57. The summed E-state index contributed by atoms with van der Waals surface area (Å²) in [6.07, 6.45) is 0. The number of nitriles is 1. The van der Waals surface area contributed by atoms with Gasteiger partial charge in [0.1, 0.15) is 24.0 Å². The van der Waals surface area contributed by atoms with E-state index < -0.39 is 52.4 Å². The number of amides is 2. The quantitative estimate of drug-likeness (QED) is 0.405. The number of nitrogens with one attached hydrogen (secondary N) is 2. The van der Waals surface area contributed by atoms with Gasteiger partial charge in [-0.25, -0.2) is 13.4 Å². The lowest BCUT2D eigenvalue weighted by Gasteiger charge is -2.18. The Morgan fingerprint density at radius 2 is 1.77 bits per heavy atom. The smallest absolute Gasteiger partial charge is 0.387 e. The molecule has 9 nitrogen and oxygen atoms in total. The fraction of sp³-hybridized carbons (Fsp3) is 0.217. The summed E-state index contributed by atoms with van der Waals surface area (Å²) in [4.78, 5) is 29.5. The molecule has 1 heterocycles. The number of hydrogen-bond acceptors (Lipinski definition) is 7. The number of carbonyl (C=O) groups is 2. The van der Waals surface area contributed by atoms with Crippen molar-refractivity contribution in [1.29, 1.82) is 5.26 Å². The third-order valence-corrected chi connectivity index (χ3v) is 6.37. The van der Waals surface area contributed by atoms with Crippen LogP contribution in [0, 0.1) is 11.3 Å². The summed E-state index contributed by atoms with van der Waals surface area (Å²) >= 11 is 0. The fourth-order valence-corrected chi connectivity index (χ4v) is 4.81. The maximum atomic E-state index is 12.9. The minimum Gasteiger partial charge on any atom is -0.435 e. The summed E-state index contributed by atoms with van der Waals surface area (Å²) in [5, 5.41) is 14.1. The number of nitrogens with zero attached hydrogens (tertiary/aromatic N) is 2. The average molecular weight is 502 g/mol. The van der Waals surface area contributed by atoms with Crippen LogP contribution in [0.5, 0.6) is 5.75 Å². The minimum absolute atomic E-state index is 0.0356. The van der Waals surface area contributed by atoms with Gasteiger partial charge in [0.2, 0.25) is 5.91 Å². The van der Waals surface area contributed by atoms with Gasteiger partial charge in [-0.2, -0.15) is 14.0 Å². The number of carbonyl (C=O) groups excluding carboxylic acids is 2. The summed E-state index contributed by atoms with van der Waals surface area (Å²) in [5.74, 6) is -3.60. The summed E-state index contributed by atoms with van der Waals surface area (Å²) in [6, 6.07) is 15.6. The number of sulfone groups is 1. The number of halogens is 2. The molecule has 0 aliphatic carbocycles. The average Bonchev–Trinajstić information content (AvgIpc) is 2.82. The van der Waals surface area contributed by atoms with Crippen LogP contribution < -0.4 is 15.4 Å². The number of aromatic nitrogens is 1. The minimum atomic E-state index is -4.13. The van der Waals surface area contributed by atoms with E-state index in [2.05, 4.69) is 20.4 Å². The van der Waals surface area contributed by atoms with Crippen LogP contribution in [0.1, 0.15) is 16.1 Å². The highest BCUT2D eigenvalue weighted by Crippen LogP contribution is 2.23. The normalized spacial score (nSPS) is 12.1. The summed E-state index contributed by atoms with van der Waals surface area (Å²) < 4.78 is 55.4. The number of para-hydroxylation sites is 2. The lowest BCUT2D eigenvalue weighted by Crippen LogP contribution is -2.50. The van der Waals surface area contributed by atoms with Crippen LogP contribution in [-0.2, 0) is 20.4 Å². The predicted molar refractivity (Wildman–Crippen MR) is 122 cm³/mol. The monoisotopic (exact) mass is 502 g/mol. The second kappa shape index (κ2) is 11.3. The van der Waals surface area contributed by atoms with Crippen LogP contribution in [0.4, 0.5) is 8.78 Å². The molecule has 2 N–H and O–H groups in total. The van der Waals surface area contributed by atoms with E-state index in [1.165, 1.54) is 30.3 Å². The zero-order valence-electron chi connectivity index (χ0n) is 18.1. The van der Waals surface area contributed by atoms with Crippen LogP contribution in [0.3, 0.4) is 0 Å². The molecule has 0 bridgehead atoms. The third kappa shape index (κ3) is 7.18. The van der Waals surface area contributed by atoms with Crippen molar-refractivity contribution in [3.05, 3.63) is 71.9 Å². The highest BCUT2D eigenvalue weighted by Gasteiger charge is 2.29. The molecule has 3 rings (SSSR count). The second-order valence-electron chi connectivity index (χ2n) is 7.33. The van der Waals surface area contributed by atoms with Crippen molar-refractivity contribution in [2.24, 2.45) is 0 Å². The Hall–Kier alpha value is -4.11. The molecule has 0 radical (unpaired) electrons. The first-order valence-corrected chi connectivity index (χ1v) is 12.0. The van der Waals surface area contributed by atoms with Crippen molar-refractivity contribution in [3.63, 3.8) is 0 Å². The first kappa shape index (κ1) is 25.5. The number of pyridine rings is 1. The number of fused-ring (bicyclic) bond motifs is 1. The highest BCUT2D eigenvalue weighted by atomic mass is 32.2. The Bertz CT molecular complexity index is 1380. The van der Waals surface area contributed by atoms with Gasteiger partial charge in [0.15, 0.2) is 9.84 Å². The molecular weight excluding hydrogens is 482 g/mol. The first-order valence-electron chi connectivity index (χ1n) is 10.2. The van der Waals surface area contributed by atoms with Gasteiger partial charge in [0.25, 0.3) is 5.91 Å². The second-order valence-corrected chi connectivity index (χ2v) is 9.44. The van der Waals surface area contributed by atoms with Crippen molar-refractivity contribution < 1.29 is 31.5 Å². The van der Waals surface area contributed by atoms with Gasteiger partial charge < -0.3 is 15.4 Å². The summed E-state index contributed by atoms with van der Waals surface area (Å²) in [7, 11) is -4.13. The molecule has 0 aliphatic heterocycles. The number of hydrogen-bond donors (Lipinski definition) is 2. The predicted octanol–water partition coefficient (Wildman–Crippen LogP) is 2.19. The molecule has 12 heteroatoms. The van der Waals surface area contributed by atoms with Crippen molar-refractivity contribution in [2.45, 2.75) is 18.4 Å². The number of rotatable bonds is 10. The van der Waals surface area contributed by atoms with Gasteiger partial charge >= 0.3 is 6.61 Å². The van der Waals surface area contributed by atoms with Gasteiger partial charge in [-0.1, -0.05) is 42.5 Å². The standard InChI is InChI=1S/C23H20F2N4O5S/c24-23(25)34-20-8-4-2-6-16(20)13-35(32,33)14-19(21(30)27-12-11-26)29-22(31)18-10-9-15-5-1-3-7-17(15)28-18/h1-10,19,23H,12-14H2,(H,27,30)(H,29,31)/t19-/m0/s1. The van der Waals surface area contributed by atoms with Gasteiger partial charge in [0, 0.05) is 10.9 Å². The Labute approximate surface area is 199 Å². The lowest BCUT2D eigenvalue weighted by atomic mass is 10.2. The molecule has 2 aromatic carbocycles. The molecule has 182 valence electrons. The molecule has 2 amide bonds. The molecule has 3 aromatic rings. The van der Waals surface area contributed by atoms with Crippen LogP contribution in [0.25, 0.3) is 10.9 Å². The molecule has 0 aliphatic rings. The summed E-state index contributed by atoms with van der Waals surface area (Å²) in [5.41, 5.74) is 0.440. The molecular formula is C23H20F2N4O5S. The van der Waals surface area contributed by atoms with Crippen molar-refractivity contribution in [1.82, 2.24) is 15.6 Å². The molecule has 0 saturated carbocycles. The fourth-order valence-electron chi connectivity index (χ4n) is 3.24. The molecule has 0 unspecified atom stereocenters. The largest absolute Gasteiger partial charge is 0.435 e. The van der Waals surface area contributed by atoms with E-state index in [1.807, 2.05) is 0 Å². The van der Waals surface area contributed by atoms with E-state index in [1.54, 1.807) is 36.4 Å². The van der Waals surface area contributed by atoms with Gasteiger partial charge in [-0.05, 0) is 18.2 Å². The molecule has 0 saturated heterocycles. The lowest BCUT2D eigenvalue weighted by molar-refractivity contribution is -0.122. The third-order valence-electron chi connectivity index (χ3n) is 4.78. The van der Waals surface area contributed by atoms with E-state index >= 15 is 0 Å². The van der Waals surface area contributed by atoms with Crippen molar-refractivity contribution in [2.75, 3.05) is 12.3 Å². The Balaban J connectivity index is 1.82. The maximum Gasteiger partial charge on any atom is 0.387 e. The highest BCUT2D eigenvalue weighted by molar-refractivity contribution is 7.90. The molecule has 35 heavy (non-hydrogen) atoms. The number of benzene rings is 2. The van der Waals surface area contributed by atoms with E-state index in [4.69, 9.17) is 5.26 Å². The van der Waals surface area contributed by atoms with E-state index in [0.717, 1.165) is 5.39 Å². The number of ether oxygens (including phenoxy) is 1. The Kier molecular flexibility index (Phi) is 8.27. The van der Waals surface area contributed by atoms with Gasteiger partial charge in [0.05, 0.1) is 23.1 Å². The first-order chi connectivity index (χ1) is 16.7. The van der Waals surface area contributed by atoms with Gasteiger partial charge in [-0.15, -0.1) is 0 Å². The van der Waals surface area contributed by atoms with E-state index in [9.17, 15) is 26.8 Å². The molecule has 0 spiro atoms. The Morgan fingerprint density at radius 1 is 1.06 bits per heavy atom. The van der Waals surface area contributed by atoms with E-state index in [-0.39, 0.29) is 17.0 Å². The van der Waals surface area contributed by atoms with Gasteiger partial charge in [-0.3, -0.25) is 9.59 Å². The van der Waals surface area contributed by atoms with Crippen LogP contribution in [-0.4, -0.2) is 50.2 Å². The topological polar surface area (TPSA) is 138 Å². The van der Waals surface area contributed by atoms with Crippen molar-refractivity contribution >= 4 is 32.6 Å². The maximum absolute atomic E-state index is 12.9. The van der Waals surface area contributed by atoms with Crippen LogP contribution in [0.15, 0.2) is 60.7 Å². The SMILES string of the molecule is N#CCNC(=O)[C@H](CS(=O)(=O)Cc1ccccc1OC(F)F)NC(=O)c1ccc2ccccc2n1. The van der Waals surface area contributed by atoms with Crippen LogP contribution in [0.2, 0.25) is 0 Å². The molecule has 1 atom stereocenters. The van der Waals surface area contributed by atoms with Crippen LogP contribution >= 0.6 is 0 Å².